The van der Waals surface area contributed by atoms with E-state index < -0.39 is 0 Å². The van der Waals surface area contributed by atoms with Crippen LogP contribution in [0.25, 0.3) is 0 Å². The fraction of sp³-hybridized carbons (Fsp3) is 0.700. The number of rotatable bonds is 8. The van der Waals surface area contributed by atoms with E-state index in [1.54, 1.807) is 0 Å². The van der Waals surface area contributed by atoms with Gasteiger partial charge in [0, 0.05) is 52.7 Å². The van der Waals surface area contributed by atoms with Gasteiger partial charge in [-0.3, -0.25) is 4.99 Å². The van der Waals surface area contributed by atoms with Crippen LogP contribution in [-0.4, -0.2) is 56.3 Å². The van der Waals surface area contributed by atoms with Gasteiger partial charge in [0.1, 0.15) is 0 Å². The van der Waals surface area contributed by atoms with E-state index in [0.29, 0.717) is 6.54 Å². The Kier molecular flexibility index (Phi) is 7.12. The van der Waals surface area contributed by atoms with E-state index >= 15 is 0 Å². The molecule has 1 aliphatic carbocycles. The predicted octanol–water partition coefficient (Wildman–Crippen LogP) is 2.69. The van der Waals surface area contributed by atoms with Crippen LogP contribution >= 0.6 is 0 Å². The third-order valence-electron chi connectivity index (χ3n) is 5.20. The summed E-state index contributed by atoms with van der Waals surface area (Å²) in [6.45, 7) is 4.35. The molecule has 0 radical (unpaired) electrons. The fourth-order valence-corrected chi connectivity index (χ4v) is 3.17. The Morgan fingerprint density at radius 3 is 2.73 bits per heavy atom. The summed E-state index contributed by atoms with van der Waals surface area (Å²) in [5.41, 5.74) is 1.13. The minimum absolute atomic E-state index is 0.712. The largest absolute Gasteiger partial charge is 0.477 e. The van der Waals surface area contributed by atoms with Crippen LogP contribution in [0.2, 0.25) is 0 Å². The molecule has 6 heteroatoms. The Morgan fingerprint density at radius 2 is 2.08 bits per heavy atom. The molecule has 2 fully saturated rings. The van der Waals surface area contributed by atoms with Crippen molar-refractivity contribution >= 4 is 5.96 Å². The van der Waals surface area contributed by atoms with Gasteiger partial charge in [0.05, 0.1) is 6.61 Å². The highest BCUT2D eigenvalue weighted by Crippen LogP contribution is 2.29. The Morgan fingerprint density at radius 1 is 1.27 bits per heavy atom. The van der Waals surface area contributed by atoms with Gasteiger partial charge >= 0.3 is 0 Å². The molecule has 26 heavy (non-hydrogen) atoms. The number of aliphatic imine (C=N–C) groups is 1. The number of guanidine groups is 1. The van der Waals surface area contributed by atoms with Gasteiger partial charge in [-0.15, -0.1) is 0 Å². The van der Waals surface area contributed by atoms with Gasteiger partial charge in [-0.25, -0.2) is 4.98 Å². The van der Waals surface area contributed by atoms with Crippen molar-refractivity contribution in [3.8, 4) is 5.88 Å². The number of pyridine rings is 1. The minimum Gasteiger partial charge on any atom is -0.477 e. The molecule has 1 aromatic heterocycles. The van der Waals surface area contributed by atoms with Gasteiger partial charge in [0.2, 0.25) is 5.88 Å². The standard InChI is InChI=1S/C20H32N4O2/c1-21-20(24(2)10-7-16-8-11-25-12-9-16)23-14-18-5-6-19(22-13-18)26-15-17-3-4-17/h5-6,13,16-17H,3-4,7-12,14-15H2,1-2H3,(H,21,23). The molecule has 0 spiro atoms. The van der Waals surface area contributed by atoms with Crippen molar-refractivity contribution in [3.63, 3.8) is 0 Å². The van der Waals surface area contributed by atoms with Crippen LogP contribution in [0.1, 0.15) is 37.7 Å². The maximum atomic E-state index is 5.69. The molecule has 3 rings (SSSR count). The molecule has 0 atom stereocenters. The molecule has 0 bridgehead atoms. The number of hydrogen-bond acceptors (Lipinski definition) is 4. The highest BCUT2D eigenvalue weighted by Gasteiger charge is 2.22. The van der Waals surface area contributed by atoms with Crippen LogP contribution in [0.5, 0.6) is 5.88 Å². The van der Waals surface area contributed by atoms with E-state index in [-0.39, 0.29) is 0 Å². The first-order valence-corrected chi connectivity index (χ1v) is 9.82. The molecule has 1 saturated heterocycles. The molecule has 0 aromatic carbocycles. The van der Waals surface area contributed by atoms with E-state index in [1.165, 1.54) is 32.1 Å². The van der Waals surface area contributed by atoms with Crippen molar-refractivity contribution in [1.82, 2.24) is 15.2 Å². The van der Waals surface area contributed by atoms with Crippen LogP contribution in [0.4, 0.5) is 0 Å². The molecular weight excluding hydrogens is 328 g/mol. The van der Waals surface area contributed by atoms with Gasteiger partial charge in [-0.1, -0.05) is 6.07 Å². The maximum Gasteiger partial charge on any atom is 0.213 e. The zero-order valence-corrected chi connectivity index (χ0v) is 16.1. The number of ether oxygens (including phenoxy) is 2. The monoisotopic (exact) mass is 360 g/mol. The van der Waals surface area contributed by atoms with E-state index in [2.05, 4.69) is 33.3 Å². The number of hydrogen-bond donors (Lipinski definition) is 1. The second kappa shape index (κ2) is 9.76. The van der Waals surface area contributed by atoms with E-state index in [9.17, 15) is 0 Å². The lowest BCUT2D eigenvalue weighted by Gasteiger charge is -2.26. The van der Waals surface area contributed by atoms with Crippen LogP contribution < -0.4 is 10.1 Å². The summed E-state index contributed by atoms with van der Waals surface area (Å²) < 4.78 is 11.1. The topological polar surface area (TPSA) is 59.0 Å². The summed E-state index contributed by atoms with van der Waals surface area (Å²) in [5.74, 6) is 3.17. The average Bonchev–Trinajstić information content (AvgIpc) is 3.51. The lowest BCUT2D eigenvalue weighted by molar-refractivity contribution is 0.0625. The normalized spacial score (nSPS) is 18.6. The van der Waals surface area contributed by atoms with Crippen LogP contribution in [0.15, 0.2) is 23.3 Å². The molecule has 1 N–H and O–H groups in total. The maximum absolute atomic E-state index is 5.69. The smallest absolute Gasteiger partial charge is 0.213 e. The molecule has 144 valence electrons. The molecule has 2 aliphatic rings. The van der Waals surface area contributed by atoms with Crippen molar-refractivity contribution in [1.29, 1.82) is 0 Å². The van der Waals surface area contributed by atoms with Gasteiger partial charge in [-0.2, -0.15) is 0 Å². The zero-order valence-electron chi connectivity index (χ0n) is 16.1. The van der Waals surface area contributed by atoms with E-state index in [4.69, 9.17) is 9.47 Å². The number of nitrogens with zero attached hydrogens (tertiary/aromatic N) is 3. The molecule has 6 nitrogen and oxygen atoms in total. The number of nitrogens with one attached hydrogen (secondary N) is 1. The quantitative estimate of drug-likeness (QED) is 0.571. The minimum atomic E-state index is 0.712. The van der Waals surface area contributed by atoms with Crippen LogP contribution in [0.3, 0.4) is 0 Å². The first-order valence-electron chi connectivity index (χ1n) is 9.82. The Balaban J connectivity index is 1.39. The Hall–Kier alpha value is -1.82. The Bertz CT molecular complexity index is 566. The molecule has 1 aliphatic heterocycles. The summed E-state index contributed by atoms with van der Waals surface area (Å²) in [6.07, 6.45) is 8.02. The van der Waals surface area contributed by atoms with E-state index in [1.807, 2.05) is 19.3 Å². The summed E-state index contributed by atoms with van der Waals surface area (Å²) in [6, 6.07) is 4.02. The fourth-order valence-electron chi connectivity index (χ4n) is 3.17. The van der Waals surface area contributed by atoms with Crippen molar-refractivity contribution in [2.75, 3.05) is 40.5 Å². The van der Waals surface area contributed by atoms with Crippen molar-refractivity contribution in [2.45, 2.75) is 38.6 Å². The lowest BCUT2D eigenvalue weighted by Crippen LogP contribution is -2.39. The lowest BCUT2D eigenvalue weighted by atomic mass is 9.96. The molecule has 1 saturated carbocycles. The van der Waals surface area contributed by atoms with Gasteiger partial charge in [0.25, 0.3) is 0 Å². The third-order valence-corrected chi connectivity index (χ3v) is 5.20. The number of aromatic nitrogens is 1. The van der Waals surface area contributed by atoms with Crippen molar-refractivity contribution in [3.05, 3.63) is 23.9 Å². The van der Waals surface area contributed by atoms with Gasteiger partial charge in [0.15, 0.2) is 5.96 Å². The molecule has 0 amide bonds. The van der Waals surface area contributed by atoms with Gasteiger partial charge < -0.3 is 19.7 Å². The highest BCUT2D eigenvalue weighted by atomic mass is 16.5. The SMILES string of the molecule is CN=C(NCc1ccc(OCC2CC2)nc1)N(C)CCC1CCOCC1. The van der Waals surface area contributed by atoms with Crippen LogP contribution in [0, 0.1) is 11.8 Å². The second-order valence-electron chi connectivity index (χ2n) is 7.43. The van der Waals surface area contributed by atoms with Crippen molar-refractivity contribution in [2.24, 2.45) is 16.8 Å². The Labute approximate surface area is 157 Å². The molecule has 0 unspecified atom stereocenters. The summed E-state index contributed by atoms with van der Waals surface area (Å²) >= 11 is 0. The van der Waals surface area contributed by atoms with Crippen molar-refractivity contribution < 1.29 is 9.47 Å². The second-order valence-corrected chi connectivity index (χ2v) is 7.43. The first kappa shape index (κ1) is 19.0. The third kappa shape index (κ3) is 6.16. The van der Waals surface area contributed by atoms with E-state index in [0.717, 1.165) is 55.6 Å². The summed E-state index contributed by atoms with van der Waals surface area (Å²) in [4.78, 5) is 11.0. The van der Waals surface area contributed by atoms with Gasteiger partial charge in [-0.05, 0) is 49.5 Å². The molecule has 2 heterocycles. The molecular formula is C20H32N4O2. The first-order chi connectivity index (χ1) is 12.7. The average molecular weight is 361 g/mol. The zero-order chi connectivity index (χ0) is 18.2. The van der Waals surface area contributed by atoms with Crippen LogP contribution in [-0.2, 0) is 11.3 Å². The summed E-state index contributed by atoms with van der Waals surface area (Å²) in [7, 11) is 3.93. The molecule has 1 aromatic rings. The highest BCUT2D eigenvalue weighted by molar-refractivity contribution is 5.79. The predicted molar refractivity (Wildman–Crippen MR) is 103 cm³/mol. The summed E-state index contributed by atoms with van der Waals surface area (Å²) in [5, 5.41) is 3.42.